The van der Waals surface area contributed by atoms with Crippen molar-refractivity contribution in [3.8, 4) is 5.75 Å². The van der Waals surface area contributed by atoms with Gasteiger partial charge in [0.25, 0.3) is 0 Å². The van der Waals surface area contributed by atoms with E-state index in [1.807, 2.05) is 66.7 Å². The van der Waals surface area contributed by atoms with Gasteiger partial charge in [0.15, 0.2) is 0 Å². The molecule has 0 amide bonds. The van der Waals surface area contributed by atoms with E-state index in [9.17, 15) is 4.79 Å². The van der Waals surface area contributed by atoms with Crippen molar-refractivity contribution in [3.05, 3.63) is 77.9 Å². The summed E-state index contributed by atoms with van der Waals surface area (Å²) in [4.78, 5) is 13.3. The van der Waals surface area contributed by atoms with E-state index in [-0.39, 0.29) is 17.2 Å². The van der Waals surface area contributed by atoms with Crippen LogP contribution in [0.1, 0.15) is 35.7 Å². The van der Waals surface area contributed by atoms with E-state index in [0.717, 1.165) is 22.1 Å². The summed E-state index contributed by atoms with van der Waals surface area (Å²) >= 11 is 0. The standard InChI is InChI=1S/C23H22N2O2/c1-23(2)20(16-10-12-19(27-3)13-11-16)21(24-25-23)22(26)18-9-8-15-6-4-5-7-17(15)14-18/h4-14,20,25H,1-3H3/t20-/m1/s1. The van der Waals surface area contributed by atoms with Crippen LogP contribution in [-0.2, 0) is 0 Å². The first kappa shape index (κ1) is 17.3. The molecule has 0 saturated carbocycles. The molecule has 3 aromatic carbocycles. The van der Waals surface area contributed by atoms with Crippen LogP contribution in [0.5, 0.6) is 5.75 Å². The Kier molecular flexibility index (Phi) is 4.19. The monoisotopic (exact) mass is 358 g/mol. The van der Waals surface area contributed by atoms with Crippen molar-refractivity contribution in [3.63, 3.8) is 0 Å². The molecule has 0 bridgehead atoms. The predicted molar refractivity (Wildman–Crippen MR) is 109 cm³/mol. The van der Waals surface area contributed by atoms with Gasteiger partial charge in [-0.2, -0.15) is 5.10 Å². The molecule has 3 aromatic rings. The number of carbonyl (C=O) groups is 1. The second-order valence-corrected chi connectivity index (χ2v) is 7.43. The molecule has 4 nitrogen and oxygen atoms in total. The van der Waals surface area contributed by atoms with E-state index in [0.29, 0.717) is 11.3 Å². The first-order valence-corrected chi connectivity index (χ1v) is 9.02. The SMILES string of the molecule is COc1ccc([C@@H]2C(C(=O)c3ccc4ccccc4c3)=NNC2(C)C)cc1. The van der Waals surface area contributed by atoms with Crippen molar-refractivity contribution in [2.75, 3.05) is 7.11 Å². The van der Waals surface area contributed by atoms with Gasteiger partial charge in [-0.1, -0.05) is 48.5 Å². The fourth-order valence-corrected chi connectivity index (χ4v) is 3.71. The summed E-state index contributed by atoms with van der Waals surface area (Å²) in [6, 6.07) is 21.7. The lowest BCUT2D eigenvalue weighted by Gasteiger charge is -2.27. The van der Waals surface area contributed by atoms with Gasteiger partial charge >= 0.3 is 0 Å². The molecule has 1 aliphatic rings. The largest absolute Gasteiger partial charge is 0.497 e. The molecular weight excluding hydrogens is 336 g/mol. The van der Waals surface area contributed by atoms with E-state index >= 15 is 0 Å². The summed E-state index contributed by atoms with van der Waals surface area (Å²) in [6.45, 7) is 4.12. The van der Waals surface area contributed by atoms with E-state index in [2.05, 4.69) is 24.4 Å². The number of fused-ring (bicyclic) bond motifs is 1. The molecule has 1 aliphatic heterocycles. The van der Waals surface area contributed by atoms with Crippen LogP contribution in [0.2, 0.25) is 0 Å². The highest BCUT2D eigenvalue weighted by molar-refractivity contribution is 6.48. The first-order valence-electron chi connectivity index (χ1n) is 9.02. The zero-order chi connectivity index (χ0) is 19.0. The summed E-state index contributed by atoms with van der Waals surface area (Å²) in [6.07, 6.45) is 0. The Bertz CT molecular complexity index is 1040. The average molecular weight is 358 g/mol. The Balaban J connectivity index is 1.72. The van der Waals surface area contributed by atoms with Crippen LogP contribution in [-0.4, -0.2) is 24.1 Å². The van der Waals surface area contributed by atoms with Gasteiger partial charge in [-0.3, -0.25) is 4.79 Å². The molecular formula is C23H22N2O2. The van der Waals surface area contributed by atoms with Gasteiger partial charge in [0.2, 0.25) is 5.78 Å². The van der Waals surface area contributed by atoms with Gasteiger partial charge in [-0.05, 0) is 48.4 Å². The lowest BCUT2D eigenvalue weighted by Crippen LogP contribution is -2.39. The number of benzene rings is 3. The van der Waals surface area contributed by atoms with Gasteiger partial charge in [0.1, 0.15) is 11.5 Å². The van der Waals surface area contributed by atoms with Gasteiger partial charge in [0.05, 0.1) is 18.6 Å². The fraction of sp³-hybridized carbons (Fsp3) is 0.217. The third kappa shape index (κ3) is 3.08. The number of carbonyl (C=O) groups excluding carboxylic acids is 1. The van der Waals surface area contributed by atoms with E-state index in [1.165, 1.54) is 0 Å². The second kappa shape index (κ2) is 6.54. The fourth-order valence-electron chi connectivity index (χ4n) is 3.71. The Morgan fingerprint density at radius 2 is 1.70 bits per heavy atom. The summed E-state index contributed by atoms with van der Waals surface area (Å²) in [5, 5.41) is 6.60. The number of methoxy groups -OCH3 is 1. The summed E-state index contributed by atoms with van der Waals surface area (Å²) in [5.74, 6) is 0.615. The Morgan fingerprint density at radius 3 is 2.41 bits per heavy atom. The van der Waals surface area contributed by atoms with Gasteiger partial charge < -0.3 is 10.2 Å². The molecule has 1 N–H and O–H groups in total. The van der Waals surface area contributed by atoms with Gasteiger partial charge in [-0.25, -0.2) is 0 Å². The molecule has 1 heterocycles. The second-order valence-electron chi connectivity index (χ2n) is 7.43. The molecule has 136 valence electrons. The average Bonchev–Trinajstić information content (AvgIpc) is 3.02. The predicted octanol–water partition coefficient (Wildman–Crippen LogP) is 4.55. The van der Waals surface area contributed by atoms with Crippen LogP contribution in [0.4, 0.5) is 0 Å². The van der Waals surface area contributed by atoms with Crippen LogP contribution in [0.3, 0.4) is 0 Å². The van der Waals surface area contributed by atoms with Crippen LogP contribution in [0, 0.1) is 0 Å². The number of nitrogens with zero attached hydrogens (tertiary/aromatic N) is 1. The summed E-state index contributed by atoms with van der Waals surface area (Å²) in [5.41, 5.74) is 5.04. The molecule has 4 heteroatoms. The van der Waals surface area contributed by atoms with Crippen molar-refractivity contribution < 1.29 is 9.53 Å². The number of hydrogen-bond acceptors (Lipinski definition) is 4. The molecule has 0 saturated heterocycles. The highest BCUT2D eigenvalue weighted by atomic mass is 16.5. The quantitative estimate of drug-likeness (QED) is 0.696. The Labute approximate surface area is 158 Å². The van der Waals surface area contributed by atoms with Crippen molar-refractivity contribution in [1.82, 2.24) is 5.43 Å². The van der Waals surface area contributed by atoms with Crippen molar-refractivity contribution in [1.29, 1.82) is 0 Å². The number of ether oxygens (including phenoxy) is 1. The number of nitrogens with one attached hydrogen (secondary N) is 1. The van der Waals surface area contributed by atoms with Gasteiger partial charge in [-0.15, -0.1) is 0 Å². The zero-order valence-electron chi connectivity index (χ0n) is 15.7. The first-order chi connectivity index (χ1) is 13.0. The topological polar surface area (TPSA) is 50.7 Å². The third-order valence-electron chi connectivity index (χ3n) is 5.15. The summed E-state index contributed by atoms with van der Waals surface area (Å²) in [7, 11) is 1.65. The lowest BCUT2D eigenvalue weighted by molar-refractivity contribution is 0.106. The highest BCUT2D eigenvalue weighted by Crippen LogP contribution is 2.35. The van der Waals surface area contributed by atoms with E-state index < -0.39 is 0 Å². The lowest BCUT2D eigenvalue weighted by atomic mass is 9.78. The molecule has 4 rings (SSSR count). The third-order valence-corrected chi connectivity index (χ3v) is 5.15. The van der Waals surface area contributed by atoms with E-state index in [4.69, 9.17) is 4.74 Å². The molecule has 0 unspecified atom stereocenters. The zero-order valence-corrected chi connectivity index (χ0v) is 15.7. The van der Waals surface area contributed by atoms with Crippen LogP contribution >= 0.6 is 0 Å². The maximum absolute atomic E-state index is 13.3. The van der Waals surface area contributed by atoms with Crippen molar-refractivity contribution >= 4 is 22.3 Å². The van der Waals surface area contributed by atoms with Crippen LogP contribution < -0.4 is 10.2 Å². The molecule has 0 aromatic heterocycles. The molecule has 0 fully saturated rings. The Hall–Kier alpha value is -3.14. The normalized spacial score (nSPS) is 18.0. The number of hydrazone groups is 1. The molecule has 0 radical (unpaired) electrons. The molecule has 0 spiro atoms. The number of Topliss-reactive ketones (excluding diaryl/α,β-unsaturated/α-hetero) is 1. The van der Waals surface area contributed by atoms with Crippen LogP contribution in [0.25, 0.3) is 10.8 Å². The maximum Gasteiger partial charge on any atom is 0.209 e. The minimum atomic E-state index is -0.351. The van der Waals surface area contributed by atoms with Gasteiger partial charge in [0, 0.05) is 5.56 Å². The summed E-state index contributed by atoms with van der Waals surface area (Å²) < 4.78 is 5.26. The van der Waals surface area contributed by atoms with Crippen molar-refractivity contribution in [2.24, 2.45) is 5.10 Å². The minimum Gasteiger partial charge on any atom is -0.497 e. The molecule has 1 atom stereocenters. The number of rotatable bonds is 4. The Morgan fingerprint density at radius 1 is 1.00 bits per heavy atom. The maximum atomic E-state index is 13.3. The smallest absolute Gasteiger partial charge is 0.209 e. The highest BCUT2D eigenvalue weighted by Gasteiger charge is 2.42. The number of ketones is 1. The molecule has 0 aliphatic carbocycles. The number of hydrogen-bond donors (Lipinski definition) is 1. The minimum absolute atomic E-state index is 0.0420. The molecule has 27 heavy (non-hydrogen) atoms. The van der Waals surface area contributed by atoms with Crippen molar-refractivity contribution in [2.45, 2.75) is 25.3 Å². The van der Waals surface area contributed by atoms with E-state index in [1.54, 1.807) is 7.11 Å². The van der Waals surface area contributed by atoms with Crippen LogP contribution in [0.15, 0.2) is 71.8 Å².